The van der Waals surface area contributed by atoms with E-state index in [9.17, 15) is 25.0 Å². The van der Waals surface area contributed by atoms with Gasteiger partial charge in [0.15, 0.2) is 0 Å². The molecule has 0 N–H and O–H groups in total. The van der Waals surface area contributed by atoms with E-state index in [0.717, 1.165) is 0 Å². The van der Waals surface area contributed by atoms with Crippen molar-refractivity contribution >= 4 is 11.5 Å². The van der Waals surface area contributed by atoms with Crippen LogP contribution in [0.15, 0.2) is 24.3 Å². The van der Waals surface area contributed by atoms with Gasteiger partial charge < -0.3 is 0 Å². The van der Waals surface area contributed by atoms with Crippen molar-refractivity contribution in [3.8, 4) is 0 Å². The number of nitrogens with zero attached hydrogens (tertiary/aromatic N) is 2. The number of Topliss-reactive ketones (excluding diaryl/α,β-unsaturated/α-hetero) is 1. The van der Waals surface area contributed by atoms with Gasteiger partial charge in [-0.2, -0.15) is 0 Å². The molecule has 0 aliphatic heterocycles. The Balaban J connectivity index is 2.44. The first-order valence-corrected chi connectivity index (χ1v) is 6.78. The van der Waals surface area contributed by atoms with E-state index in [1.165, 1.54) is 18.2 Å². The van der Waals surface area contributed by atoms with E-state index in [1.54, 1.807) is 6.07 Å². The van der Waals surface area contributed by atoms with Crippen molar-refractivity contribution < 1.29 is 14.6 Å². The average Bonchev–Trinajstić information content (AvgIpc) is 2.74. The SMILES string of the molecule is CC1CC(=O)C(C(C[N+](=O)[O-])c2ccccc2[N+](=O)[O-])C1. The summed E-state index contributed by atoms with van der Waals surface area (Å²) in [6.07, 6.45) is 0.933. The molecule has 1 aliphatic rings. The molecule has 0 bridgehead atoms. The van der Waals surface area contributed by atoms with Crippen LogP contribution < -0.4 is 0 Å². The Hall–Kier alpha value is -2.31. The molecule has 1 fully saturated rings. The molecule has 0 amide bonds. The van der Waals surface area contributed by atoms with Crippen LogP contribution in [0.2, 0.25) is 0 Å². The second kappa shape index (κ2) is 5.99. The molecule has 1 aromatic rings. The van der Waals surface area contributed by atoms with Gasteiger partial charge >= 0.3 is 0 Å². The molecule has 2 rings (SSSR count). The van der Waals surface area contributed by atoms with Crippen LogP contribution >= 0.6 is 0 Å². The molecule has 0 spiro atoms. The molecule has 0 aromatic heterocycles. The van der Waals surface area contributed by atoms with Gasteiger partial charge in [0.05, 0.1) is 10.8 Å². The van der Waals surface area contributed by atoms with Crippen molar-refractivity contribution in [2.24, 2.45) is 11.8 Å². The quantitative estimate of drug-likeness (QED) is 0.612. The van der Waals surface area contributed by atoms with Crippen LogP contribution in [0.1, 0.15) is 31.2 Å². The molecule has 1 aromatic carbocycles. The molecule has 0 saturated heterocycles. The molecule has 0 radical (unpaired) electrons. The zero-order valence-corrected chi connectivity index (χ0v) is 11.6. The highest BCUT2D eigenvalue weighted by atomic mass is 16.6. The Bertz CT molecular complexity index is 586. The van der Waals surface area contributed by atoms with Crippen LogP contribution in [0.3, 0.4) is 0 Å². The Labute approximate surface area is 121 Å². The largest absolute Gasteiger partial charge is 0.299 e. The lowest BCUT2D eigenvalue weighted by Gasteiger charge is -2.19. The highest BCUT2D eigenvalue weighted by Crippen LogP contribution is 2.40. The molecule has 0 heterocycles. The second-order valence-corrected chi connectivity index (χ2v) is 5.56. The van der Waals surface area contributed by atoms with Gasteiger partial charge in [-0.1, -0.05) is 25.1 Å². The average molecular weight is 292 g/mol. The summed E-state index contributed by atoms with van der Waals surface area (Å²) in [4.78, 5) is 33.1. The van der Waals surface area contributed by atoms with Gasteiger partial charge in [0, 0.05) is 28.9 Å². The van der Waals surface area contributed by atoms with Gasteiger partial charge in [0.2, 0.25) is 6.54 Å². The van der Waals surface area contributed by atoms with Crippen molar-refractivity contribution in [2.45, 2.75) is 25.7 Å². The molecule has 1 aliphatic carbocycles. The fourth-order valence-corrected chi connectivity index (χ4v) is 3.10. The second-order valence-electron chi connectivity index (χ2n) is 5.56. The zero-order chi connectivity index (χ0) is 15.6. The number of carbonyl (C=O) groups excluding carboxylic acids is 1. The van der Waals surface area contributed by atoms with Crippen molar-refractivity contribution in [1.82, 2.24) is 0 Å². The van der Waals surface area contributed by atoms with Gasteiger partial charge in [-0.05, 0) is 12.3 Å². The minimum Gasteiger partial charge on any atom is -0.299 e. The summed E-state index contributed by atoms with van der Waals surface area (Å²) in [6, 6.07) is 5.97. The predicted octanol–water partition coefficient (Wildman–Crippen LogP) is 2.57. The highest BCUT2D eigenvalue weighted by Gasteiger charge is 2.41. The normalized spacial score (nSPS) is 23.0. The topological polar surface area (TPSA) is 103 Å². The third-order valence-corrected chi connectivity index (χ3v) is 3.98. The molecule has 7 heteroatoms. The molecule has 112 valence electrons. The zero-order valence-electron chi connectivity index (χ0n) is 11.6. The lowest BCUT2D eigenvalue weighted by molar-refractivity contribution is -0.484. The first-order chi connectivity index (χ1) is 9.90. The van der Waals surface area contributed by atoms with Crippen molar-refractivity contribution in [1.29, 1.82) is 0 Å². The Kier molecular flexibility index (Phi) is 4.30. The number of benzene rings is 1. The summed E-state index contributed by atoms with van der Waals surface area (Å²) in [5, 5.41) is 22.1. The number of rotatable bonds is 5. The molecule has 7 nitrogen and oxygen atoms in total. The summed E-state index contributed by atoms with van der Waals surface area (Å²) in [7, 11) is 0. The maximum absolute atomic E-state index is 12.1. The van der Waals surface area contributed by atoms with Crippen LogP contribution in [-0.2, 0) is 4.79 Å². The third-order valence-electron chi connectivity index (χ3n) is 3.98. The number of carbonyl (C=O) groups is 1. The van der Waals surface area contributed by atoms with E-state index in [2.05, 4.69) is 0 Å². The first kappa shape index (κ1) is 15.1. The minimum atomic E-state index is -0.737. The summed E-state index contributed by atoms with van der Waals surface area (Å²) in [5.41, 5.74) is 0.128. The van der Waals surface area contributed by atoms with Gasteiger partial charge in [0.1, 0.15) is 5.78 Å². The number of para-hydroxylation sites is 1. The number of hydrogen-bond acceptors (Lipinski definition) is 5. The lowest BCUT2D eigenvalue weighted by Crippen LogP contribution is -2.25. The fourth-order valence-electron chi connectivity index (χ4n) is 3.10. The predicted molar refractivity (Wildman–Crippen MR) is 74.6 cm³/mol. The first-order valence-electron chi connectivity index (χ1n) is 6.78. The smallest absolute Gasteiger partial charge is 0.273 e. The van der Waals surface area contributed by atoms with E-state index in [-0.39, 0.29) is 23.0 Å². The Morgan fingerprint density at radius 1 is 1.29 bits per heavy atom. The molecular weight excluding hydrogens is 276 g/mol. The van der Waals surface area contributed by atoms with Crippen molar-refractivity contribution in [3.05, 3.63) is 50.1 Å². The molecular formula is C14H16N2O5. The molecule has 21 heavy (non-hydrogen) atoms. The summed E-state index contributed by atoms with van der Waals surface area (Å²) in [6.45, 7) is 1.45. The lowest BCUT2D eigenvalue weighted by atomic mass is 9.83. The monoisotopic (exact) mass is 292 g/mol. The van der Waals surface area contributed by atoms with Crippen LogP contribution in [0, 0.1) is 32.1 Å². The van der Waals surface area contributed by atoms with Crippen molar-refractivity contribution in [3.63, 3.8) is 0 Å². The van der Waals surface area contributed by atoms with E-state index in [4.69, 9.17) is 0 Å². The van der Waals surface area contributed by atoms with Gasteiger partial charge in [-0.25, -0.2) is 0 Å². The number of nitro benzene ring substituents is 1. The third kappa shape index (κ3) is 3.24. The summed E-state index contributed by atoms with van der Waals surface area (Å²) in [5.74, 6) is -1.11. The van der Waals surface area contributed by atoms with E-state index >= 15 is 0 Å². The fraction of sp³-hybridized carbons (Fsp3) is 0.500. The number of ketones is 1. The van der Waals surface area contributed by atoms with Crippen LogP contribution in [0.4, 0.5) is 5.69 Å². The van der Waals surface area contributed by atoms with Crippen LogP contribution in [-0.4, -0.2) is 22.2 Å². The molecule has 3 atom stereocenters. The number of hydrogen-bond donors (Lipinski definition) is 0. The molecule has 3 unspecified atom stereocenters. The van der Waals surface area contributed by atoms with Crippen LogP contribution in [0.5, 0.6) is 0 Å². The Morgan fingerprint density at radius 3 is 2.48 bits per heavy atom. The van der Waals surface area contributed by atoms with Gasteiger partial charge in [-0.15, -0.1) is 0 Å². The summed E-state index contributed by atoms with van der Waals surface area (Å²) < 4.78 is 0. The van der Waals surface area contributed by atoms with E-state index in [0.29, 0.717) is 12.8 Å². The highest BCUT2D eigenvalue weighted by molar-refractivity contribution is 5.84. The van der Waals surface area contributed by atoms with Crippen LogP contribution in [0.25, 0.3) is 0 Å². The molecule has 1 saturated carbocycles. The maximum atomic E-state index is 12.1. The van der Waals surface area contributed by atoms with Gasteiger partial charge in [0.25, 0.3) is 5.69 Å². The van der Waals surface area contributed by atoms with Gasteiger partial charge in [-0.3, -0.25) is 25.0 Å². The Morgan fingerprint density at radius 2 is 1.95 bits per heavy atom. The van der Waals surface area contributed by atoms with E-state index in [1.807, 2.05) is 6.92 Å². The van der Waals surface area contributed by atoms with Crippen molar-refractivity contribution in [2.75, 3.05) is 6.54 Å². The summed E-state index contributed by atoms with van der Waals surface area (Å²) >= 11 is 0. The maximum Gasteiger partial charge on any atom is 0.273 e. The standard InChI is InChI=1S/C14H16N2O5/c1-9-6-11(14(17)7-9)12(8-15(18)19)10-4-2-3-5-13(10)16(20)21/h2-5,9,11-12H,6-8H2,1H3. The van der Waals surface area contributed by atoms with E-state index < -0.39 is 28.2 Å². The number of nitro groups is 2. The minimum absolute atomic E-state index is 0.0347.